The zero-order valence-corrected chi connectivity index (χ0v) is 29.1. The fourth-order valence-corrected chi connectivity index (χ4v) is 8.68. The first-order chi connectivity index (χ1) is 21.3. The van der Waals surface area contributed by atoms with Gasteiger partial charge in [-0.3, -0.25) is 9.59 Å². The summed E-state index contributed by atoms with van der Waals surface area (Å²) in [5.74, 6) is 0.541. The number of allylic oxidation sites excluding steroid dienone is 4. The molecular formula is C37H42Cl3NO4. The zero-order valence-electron chi connectivity index (χ0n) is 26.8. The molecule has 5 nitrogen and oxygen atoms in total. The summed E-state index contributed by atoms with van der Waals surface area (Å²) in [6.45, 7) is 8.89. The van der Waals surface area contributed by atoms with Crippen LogP contribution in [-0.4, -0.2) is 29.6 Å². The summed E-state index contributed by atoms with van der Waals surface area (Å²) >= 11 is 19.4. The zero-order chi connectivity index (χ0) is 32.3. The lowest BCUT2D eigenvalue weighted by Gasteiger charge is -2.52. The maximum atomic E-state index is 14.3. The van der Waals surface area contributed by atoms with Gasteiger partial charge in [0.05, 0.1) is 12.1 Å². The molecule has 0 bridgehead atoms. The van der Waals surface area contributed by atoms with Crippen molar-refractivity contribution in [3.05, 3.63) is 79.1 Å². The maximum absolute atomic E-state index is 14.3. The fraction of sp³-hybridized carbons (Fsp3) is 0.514. The number of hydrogen-bond donors (Lipinski definition) is 0. The van der Waals surface area contributed by atoms with Crippen molar-refractivity contribution >= 4 is 46.4 Å². The SMILES string of the molecule is COc1cc(C2C3=C(CC(C)(C)CC3=O)N(C3CCCCC3)C3=C2C(=O)CC(C)(C)C3)cc(Cl)c1OCc1ccc(Cl)cc1Cl. The van der Waals surface area contributed by atoms with E-state index in [0.717, 1.165) is 59.4 Å². The molecule has 0 N–H and O–H groups in total. The standard InChI is InChI=1S/C37H42Cl3NO4/c1-36(2)16-27-33(29(42)18-36)32(34-28(17-37(3,4)19-30(34)43)41(27)24-9-7-6-8-10-24)22-13-26(40)35(31(14-22)44-5)45-20-21-11-12-23(38)15-25(21)39/h11-15,24,32H,6-10,16-20H2,1-5H3. The molecule has 45 heavy (non-hydrogen) atoms. The van der Waals surface area contributed by atoms with E-state index < -0.39 is 5.92 Å². The van der Waals surface area contributed by atoms with E-state index in [1.807, 2.05) is 18.2 Å². The molecule has 1 fully saturated rings. The summed E-state index contributed by atoms with van der Waals surface area (Å²) in [5, 5.41) is 1.39. The van der Waals surface area contributed by atoms with E-state index in [1.165, 1.54) is 19.3 Å². The molecule has 0 spiro atoms. The Labute approximate surface area is 281 Å². The minimum Gasteiger partial charge on any atom is -0.493 e. The fourth-order valence-electron chi connectivity index (χ4n) is 7.94. The predicted octanol–water partition coefficient (Wildman–Crippen LogP) is 10.3. The highest BCUT2D eigenvalue weighted by molar-refractivity contribution is 6.35. The van der Waals surface area contributed by atoms with Crippen LogP contribution in [0.5, 0.6) is 11.5 Å². The Kier molecular flexibility index (Phi) is 8.86. The van der Waals surface area contributed by atoms with E-state index in [0.29, 0.717) is 45.5 Å². The van der Waals surface area contributed by atoms with Gasteiger partial charge in [-0.1, -0.05) is 87.8 Å². The maximum Gasteiger partial charge on any atom is 0.180 e. The van der Waals surface area contributed by atoms with Gasteiger partial charge in [0.25, 0.3) is 0 Å². The van der Waals surface area contributed by atoms with Crippen LogP contribution < -0.4 is 9.47 Å². The number of halogens is 3. The van der Waals surface area contributed by atoms with E-state index in [4.69, 9.17) is 44.3 Å². The number of methoxy groups -OCH3 is 1. The van der Waals surface area contributed by atoms with Crippen molar-refractivity contribution < 1.29 is 19.1 Å². The Balaban J connectivity index is 1.49. The topological polar surface area (TPSA) is 55.8 Å². The van der Waals surface area contributed by atoms with Crippen molar-refractivity contribution in [3.8, 4) is 11.5 Å². The lowest BCUT2D eigenvalue weighted by atomic mass is 9.63. The smallest absolute Gasteiger partial charge is 0.180 e. The number of rotatable bonds is 6. The molecule has 3 aliphatic carbocycles. The Hall–Kier alpha value is -2.47. The molecular weight excluding hydrogens is 629 g/mol. The molecule has 6 rings (SSSR count). The quantitative estimate of drug-likeness (QED) is 0.306. The number of carbonyl (C=O) groups excluding carboxylic acids is 2. The molecule has 0 atom stereocenters. The largest absolute Gasteiger partial charge is 0.493 e. The molecule has 4 aliphatic rings. The van der Waals surface area contributed by atoms with Crippen LogP contribution >= 0.6 is 34.8 Å². The number of ether oxygens (including phenoxy) is 2. The monoisotopic (exact) mass is 669 g/mol. The first kappa shape index (κ1) is 32.5. The lowest BCUT2D eigenvalue weighted by Crippen LogP contribution is -2.48. The van der Waals surface area contributed by atoms with Crippen molar-refractivity contribution in [2.24, 2.45) is 10.8 Å². The third kappa shape index (κ3) is 6.30. The highest BCUT2D eigenvalue weighted by Gasteiger charge is 2.50. The molecule has 1 heterocycles. The van der Waals surface area contributed by atoms with Gasteiger partial charge in [0.1, 0.15) is 6.61 Å². The predicted molar refractivity (Wildman–Crippen MR) is 180 cm³/mol. The second-order valence-electron chi connectivity index (χ2n) is 14.8. The van der Waals surface area contributed by atoms with Crippen molar-refractivity contribution in [2.75, 3.05) is 7.11 Å². The Morgan fingerprint density at radius 2 is 1.40 bits per heavy atom. The van der Waals surface area contributed by atoms with Gasteiger partial charge in [0.2, 0.25) is 0 Å². The first-order valence-electron chi connectivity index (χ1n) is 16.0. The van der Waals surface area contributed by atoms with Crippen LogP contribution in [-0.2, 0) is 16.2 Å². The van der Waals surface area contributed by atoms with Gasteiger partial charge >= 0.3 is 0 Å². The van der Waals surface area contributed by atoms with Gasteiger partial charge in [0, 0.05) is 63.0 Å². The number of carbonyl (C=O) groups is 2. The molecule has 0 radical (unpaired) electrons. The van der Waals surface area contributed by atoms with Crippen molar-refractivity contribution in [1.29, 1.82) is 0 Å². The van der Waals surface area contributed by atoms with Crippen LogP contribution in [0.2, 0.25) is 15.1 Å². The molecule has 2 aromatic rings. The first-order valence-corrected chi connectivity index (χ1v) is 17.2. The third-order valence-electron chi connectivity index (χ3n) is 9.86. The third-order valence-corrected chi connectivity index (χ3v) is 10.7. The molecule has 0 saturated heterocycles. The Morgan fingerprint density at radius 1 is 0.800 bits per heavy atom. The van der Waals surface area contributed by atoms with Crippen LogP contribution in [0, 0.1) is 10.8 Å². The number of benzene rings is 2. The number of hydrogen-bond acceptors (Lipinski definition) is 5. The molecule has 1 aliphatic heterocycles. The number of ketones is 2. The van der Waals surface area contributed by atoms with Gasteiger partial charge in [-0.15, -0.1) is 0 Å². The Morgan fingerprint density at radius 3 is 1.96 bits per heavy atom. The van der Waals surface area contributed by atoms with Crippen molar-refractivity contribution in [2.45, 2.75) is 104 Å². The minimum absolute atomic E-state index is 0.115. The molecule has 8 heteroatoms. The summed E-state index contributed by atoms with van der Waals surface area (Å²) in [7, 11) is 1.57. The summed E-state index contributed by atoms with van der Waals surface area (Å²) in [6, 6.07) is 9.28. The molecule has 0 amide bonds. The Bertz CT molecular complexity index is 1560. The molecule has 0 unspecified atom stereocenters. The van der Waals surface area contributed by atoms with E-state index >= 15 is 0 Å². The molecule has 2 aromatic carbocycles. The number of Topliss-reactive ketones (excluding diaryl/α,β-unsaturated/α-hetero) is 2. The molecule has 0 aromatic heterocycles. The second-order valence-corrected chi connectivity index (χ2v) is 16.0. The minimum atomic E-state index is -0.506. The van der Waals surface area contributed by atoms with Gasteiger partial charge in [-0.2, -0.15) is 0 Å². The van der Waals surface area contributed by atoms with Crippen LogP contribution in [0.25, 0.3) is 0 Å². The molecule has 240 valence electrons. The van der Waals surface area contributed by atoms with E-state index in [9.17, 15) is 9.59 Å². The highest BCUT2D eigenvalue weighted by Crippen LogP contribution is 2.56. The summed E-state index contributed by atoms with van der Waals surface area (Å²) in [5.41, 5.74) is 4.91. The van der Waals surface area contributed by atoms with Gasteiger partial charge < -0.3 is 14.4 Å². The van der Waals surface area contributed by atoms with Gasteiger partial charge in [-0.25, -0.2) is 0 Å². The van der Waals surface area contributed by atoms with Gasteiger partial charge in [-0.05, 0) is 66.3 Å². The van der Waals surface area contributed by atoms with Crippen molar-refractivity contribution in [3.63, 3.8) is 0 Å². The van der Waals surface area contributed by atoms with E-state index in [1.54, 1.807) is 19.2 Å². The van der Waals surface area contributed by atoms with Crippen LogP contribution in [0.3, 0.4) is 0 Å². The average Bonchev–Trinajstić information content (AvgIpc) is 2.95. The highest BCUT2D eigenvalue weighted by atomic mass is 35.5. The van der Waals surface area contributed by atoms with Crippen LogP contribution in [0.4, 0.5) is 0 Å². The summed E-state index contributed by atoms with van der Waals surface area (Å²) in [6.07, 6.45) is 8.18. The van der Waals surface area contributed by atoms with Crippen molar-refractivity contribution in [1.82, 2.24) is 4.90 Å². The van der Waals surface area contributed by atoms with Crippen LogP contribution in [0.1, 0.15) is 103 Å². The van der Waals surface area contributed by atoms with Gasteiger partial charge in [0.15, 0.2) is 23.1 Å². The van der Waals surface area contributed by atoms with Crippen LogP contribution in [0.15, 0.2) is 52.9 Å². The number of nitrogens with zero attached hydrogens (tertiary/aromatic N) is 1. The second kappa shape index (κ2) is 12.3. The normalized spacial score (nSPS) is 22.0. The van der Waals surface area contributed by atoms with E-state index in [-0.39, 0.29) is 29.0 Å². The lowest BCUT2D eigenvalue weighted by molar-refractivity contribution is -0.119. The summed E-state index contributed by atoms with van der Waals surface area (Å²) in [4.78, 5) is 31.0. The molecule has 1 saturated carbocycles. The van der Waals surface area contributed by atoms with E-state index in [2.05, 4.69) is 32.6 Å². The average molecular weight is 671 g/mol. The summed E-state index contributed by atoms with van der Waals surface area (Å²) < 4.78 is 12.0.